The number of aryl methyl sites for hydroxylation is 1. The van der Waals surface area contributed by atoms with E-state index in [0.717, 1.165) is 11.3 Å². The van der Waals surface area contributed by atoms with Crippen LogP contribution in [0.4, 0.5) is 0 Å². The molecule has 23 heavy (non-hydrogen) atoms. The Morgan fingerprint density at radius 2 is 1.91 bits per heavy atom. The van der Waals surface area contributed by atoms with Crippen LogP contribution in [0.25, 0.3) is 0 Å². The Morgan fingerprint density at radius 1 is 1.22 bits per heavy atom. The fourth-order valence-electron chi connectivity index (χ4n) is 2.64. The van der Waals surface area contributed by atoms with E-state index in [9.17, 15) is 13.2 Å². The molecule has 0 N–H and O–H groups in total. The molecular formula is C16H24N2O4S. The number of nitrogens with zero attached hydrogens (tertiary/aromatic N) is 2. The first-order valence-corrected chi connectivity index (χ1v) is 9.45. The van der Waals surface area contributed by atoms with Gasteiger partial charge in [-0.2, -0.15) is 4.31 Å². The van der Waals surface area contributed by atoms with Crippen LogP contribution in [0.5, 0.6) is 5.75 Å². The number of hydrogen-bond donors (Lipinski definition) is 0. The summed E-state index contributed by atoms with van der Waals surface area (Å²) >= 11 is 0. The molecule has 1 aromatic carbocycles. The number of benzene rings is 1. The highest BCUT2D eigenvalue weighted by atomic mass is 32.2. The standard InChI is InChI=1S/C16H24N2O4S/c1-3-23(20,21)18-11-9-17(10-12-18)16(19)8-7-14-5-4-6-15(13-14)22-2/h4-6,13H,3,7-12H2,1-2H3. The molecule has 0 bridgehead atoms. The van der Waals surface area contributed by atoms with Crippen LogP contribution in [0.3, 0.4) is 0 Å². The molecule has 0 radical (unpaired) electrons. The number of sulfonamides is 1. The van der Waals surface area contributed by atoms with Crippen LogP contribution in [-0.2, 0) is 21.2 Å². The zero-order chi connectivity index (χ0) is 16.9. The van der Waals surface area contributed by atoms with E-state index in [-0.39, 0.29) is 11.7 Å². The van der Waals surface area contributed by atoms with E-state index in [1.54, 1.807) is 18.9 Å². The van der Waals surface area contributed by atoms with Gasteiger partial charge < -0.3 is 9.64 Å². The van der Waals surface area contributed by atoms with Crippen LogP contribution < -0.4 is 4.74 Å². The summed E-state index contributed by atoms with van der Waals surface area (Å²) in [6.45, 7) is 3.36. The average Bonchev–Trinajstić information content (AvgIpc) is 2.60. The number of amides is 1. The molecule has 128 valence electrons. The van der Waals surface area contributed by atoms with Gasteiger partial charge >= 0.3 is 0 Å². The molecule has 1 heterocycles. The molecule has 0 saturated carbocycles. The van der Waals surface area contributed by atoms with Crippen molar-refractivity contribution in [2.24, 2.45) is 0 Å². The molecule has 1 aliphatic rings. The van der Waals surface area contributed by atoms with Crippen molar-refractivity contribution in [1.29, 1.82) is 0 Å². The van der Waals surface area contributed by atoms with Crippen LogP contribution in [-0.4, -0.2) is 62.6 Å². The minimum absolute atomic E-state index is 0.0707. The molecular weight excluding hydrogens is 316 g/mol. The number of piperazine rings is 1. The highest BCUT2D eigenvalue weighted by molar-refractivity contribution is 7.89. The number of rotatable bonds is 6. The van der Waals surface area contributed by atoms with Gasteiger partial charge in [-0.15, -0.1) is 0 Å². The minimum Gasteiger partial charge on any atom is -0.497 e. The molecule has 6 nitrogen and oxygen atoms in total. The van der Waals surface area contributed by atoms with E-state index >= 15 is 0 Å². The fraction of sp³-hybridized carbons (Fsp3) is 0.562. The molecule has 0 unspecified atom stereocenters. The third-order valence-electron chi connectivity index (χ3n) is 4.11. The summed E-state index contributed by atoms with van der Waals surface area (Å²) in [4.78, 5) is 14.0. The minimum atomic E-state index is -3.15. The summed E-state index contributed by atoms with van der Waals surface area (Å²) in [6, 6.07) is 7.69. The zero-order valence-electron chi connectivity index (χ0n) is 13.7. The first-order chi connectivity index (χ1) is 11.0. The molecule has 0 spiro atoms. The van der Waals surface area contributed by atoms with Gasteiger partial charge in [0.15, 0.2) is 0 Å². The molecule has 0 aromatic heterocycles. The van der Waals surface area contributed by atoms with E-state index in [1.807, 2.05) is 24.3 Å². The van der Waals surface area contributed by atoms with Crippen LogP contribution >= 0.6 is 0 Å². The number of carbonyl (C=O) groups is 1. The van der Waals surface area contributed by atoms with Gasteiger partial charge in [-0.25, -0.2) is 8.42 Å². The second kappa shape index (κ2) is 7.79. The van der Waals surface area contributed by atoms with E-state index in [2.05, 4.69) is 0 Å². The maximum absolute atomic E-state index is 12.3. The summed E-state index contributed by atoms with van der Waals surface area (Å²) in [5.74, 6) is 0.964. The topological polar surface area (TPSA) is 66.9 Å². The molecule has 0 aliphatic carbocycles. The quantitative estimate of drug-likeness (QED) is 0.778. The largest absolute Gasteiger partial charge is 0.497 e. The SMILES string of the molecule is CCS(=O)(=O)N1CCN(C(=O)CCc2cccc(OC)c2)CC1. The molecule has 2 rings (SSSR count). The summed E-state index contributed by atoms with van der Waals surface area (Å²) in [5.41, 5.74) is 1.06. The Bertz CT molecular complexity index is 637. The first-order valence-electron chi connectivity index (χ1n) is 7.85. The lowest BCUT2D eigenvalue weighted by Crippen LogP contribution is -2.50. The summed E-state index contributed by atoms with van der Waals surface area (Å²) in [5, 5.41) is 0. The molecule has 0 atom stereocenters. The van der Waals surface area contributed by atoms with E-state index in [1.165, 1.54) is 4.31 Å². The van der Waals surface area contributed by atoms with E-state index < -0.39 is 10.0 Å². The Morgan fingerprint density at radius 3 is 2.52 bits per heavy atom. The Hall–Kier alpha value is -1.60. The maximum atomic E-state index is 12.3. The predicted molar refractivity (Wildman–Crippen MR) is 88.9 cm³/mol. The van der Waals surface area contributed by atoms with Crippen molar-refractivity contribution in [3.63, 3.8) is 0 Å². The molecule has 1 fully saturated rings. The maximum Gasteiger partial charge on any atom is 0.222 e. The lowest BCUT2D eigenvalue weighted by Gasteiger charge is -2.33. The van der Waals surface area contributed by atoms with Crippen molar-refractivity contribution >= 4 is 15.9 Å². The van der Waals surface area contributed by atoms with Gasteiger partial charge in [0, 0.05) is 32.6 Å². The van der Waals surface area contributed by atoms with Crippen molar-refractivity contribution in [3.8, 4) is 5.75 Å². The summed E-state index contributed by atoms with van der Waals surface area (Å²) < 4.78 is 30.3. The summed E-state index contributed by atoms with van der Waals surface area (Å²) in [7, 11) is -1.53. The molecule has 1 aliphatic heterocycles. The van der Waals surface area contributed by atoms with Crippen LogP contribution in [0, 0.1) is 0 Å². The number of ether oxygens (including phenoxy) is 1. The first kappa shape index (κ1) is 17.7. The van der Waals surface area contributed by atoms with Crippen molar-refractivity contribution < 1.29 is 17.9 Å². The number of methoxy groups -OCH3 is 1. The van der Waals surface area contributed by atoms with Crippen molar-refractivity contribution in [2.75, 3.05) is 39.0 Å². The highest BCUT2D eigenvalue weighted by Gasteiger charge is 2.27. The lowest BCUT2D eigenvalue weighted by atomic mass is 10.1. The number of carbonyl (C=O) groups excluding carboxylic acids is 1. The van der Waals surface area contributed by atoms with E-state index in [0.29, 0.717) is 39.0 Å². The monoisotopic (exact) mass is 340 g/mol. The third-order valence-corrected chi connectivity index (χ3v) is 5.99. The van der Waals surface area contributed by atoms with Gasteiger partial charge in [0.2, 0.25) is 15.9 Å². The van der Waals surface area contributed by atoms with Crippen molar-refractivity contribution in [1.82, 2.24) is 9.21 Å². The average molecular weight is 340 g/mol. The Kier molecular flexibility index (Phi) is 6.01. The lowest BCUT2D eigenvalue weighted by molar-refractivity contribution is -0.132. The number of hydrogen-bond acceptors (Lipinski definition) is 4. The molecule has 1 saturated heterocycles. The van der Waals surface area contributed by atoms with Gasteiger partial charge in [0.05, 0.1) is 12.9 Å². The van der Waals surface area contributed by atoms with Gasteiger partial charge in [-0.05, 0) is 31.0 Å². The van der Waals surface area contributed by atoms with Crippen LogP contribution in [0.2, 0.25) is 0 Å². The van der Waals surface area contributed by atoms with Gasteiger partial charge in [-0.1, -0.05) is 12.1 Å². The molecule has 1 aromatic rings. The summed E-state index contributed by atoms with van der Waals surface area (Å²) in [6.07, 6.45) is 1.08. The molecule has 1 amide bonds. The smallest absolute Gasteiger partial charge is 0.222 e. The normalized spacial score (nSPS) is 16.3. The third kappa shape index (κ3) is 4.68. The van der Waals surface area contributed by atoms with Gasteiger partial charge in [-0.3, -0.25) is 4.79 Å². The Balaban J connectivity index is 1.83. The van der Waals surface area contributed by atoms with Crippen molar-refractivity contribution in [2.45, 2.75) is 19.8 Å². The highest BCUT2D eigenvalue weighted by Crippen LogP contribution is 2.15. The predicted octanol–water partition coefficient (Wildman–Crippen LogP) is 1.12. The fourth-order valence-corrected chi connectivity index (χ4v) is 3.72. The van der Waals surface area contributed by atoms with Gasteiger partial charge in [0.1, 0.15) is 5.75 Å². The van der Waals surface area contributed by atoms with E-state index in [4.69, 9.17) is 4.74 Å². The Labute approximate surface area is 138 Å². The van der Waals surface area contributed by atoms with Crippen LogP contribution in [0.15, 0.2) is 24.3 Å². The van der Waals surface area contributed by atoms with Gasteiger partial charge in [0.25, 0.3) is 0 Å². The second-order valence-corrected chi connectivity index (χ2v) is 7.79. The van der Waals surface area contributed by atoms with Crippen LogP contribution in [0.1, 0.15) is 18.9 Å². The van der Waals surface area contributed by atoms with Crippen molar-refractivity contribution in [3.05, 3.63) is 29.8 Å². The molecule has 7 heteroatoms. The second-order valence-electron chi connectivity index (χ2n) is 5.53. The zero-order valence-corrected chi connectivity index (χ0v) is 14.5.